The second-order valence-corrected chi connectivity index (χ2v) is 14.6. The Morgan fingerprint density at radius 3 is 2.43 bits per heavy atom. The lowest BCUT2D eigenvalue weighted by Gasteiger charge is -2.25. The van der Waals surface area contributed by atoms with Crippen LogP contribution in [0.4, 0.5) is 4.79 Å². The Morgan fingerprint density at radius 1 is 1.00 bits per heavy atom. The van der Waals surface area contributed by atoms with Gasteiger partial charge in [0.05, 0.1) is 23.3 Å². The zero-order valence-corrected chi connectivity index (χ0v) is 24.6. The van der Waals surface area contributed by atoms with Crippen molar-refractivity contribution in [3.63, 3.8) is 0 Å². The zero-order chi connectivity index (χ0) is 29.5. The second-order valence-electron chi connectivity index (χ2n) is 12.6. The number of allylic oxidation sites excluding steroid dienone is 2. The fourth-order valence-electron chi connectivity index (χ4n) is 6.69. The van der Waals surface area contributed by atoms with Gasteiger partial charge in [0, 0.05) is 32.4 Å². The number of carbonyl (C=O) groups is 4. The number of fused-ring (bicyclic) bond motifs is 3. The largest absolute Gasteiger partial charge is 0.444 e. The summed E-state index contributed by atoms with van der Waals surface area (Å²) in [5.41, 5.74) is 0.985. The number of Topliss-reactive ketones (excluding diaryl/α,β-unsaturated/α-hetero) is 1. The monoisotopic (exact) mass is 597 g/mol. The maximum atomic E-state index is 13.9. The summed E-state index contributed by atoms with van der Waals surface area (Å²) in [6.07, 6.45) is 8.96. The fraction of sp³-hybridized carbons (Fsp3) is 0.613. The number of rotatable bonds is 4. The van der Waals surface area contributed by atoms with Crippen molar-refractivity contribution in [3.8, 4) is 0 Å². The molecule has 226 valence electrons. The van der Waals surface area contributed by atoms with Crippen molar-refractivity contribution in [1.29, 1.82) is 0 Å². The van der Waals surface area contributed by atoms with Crippen LogP contribution in [-0.4, -0.2) is 65.8 Å². The van der Waals surface area contributed by atoms with E-state index in [-0.39, 0.29) is 37.0 Å². The summed E-state index contributed by atoms with van der Waals surface area (Å²) in [6.45, 7) is 1.02. The van der Waals surface area contributed by atoms with Crippen molar-refractivity contribution in [3.05, 3.63) is 47.5 Å². The summed E-state index contributed by atoms with van der Waals surface area (Å²) >= 11 is 0. The van der Waals surface area contributed by atoms with E-state index < -0.39 is 44.8 Å². The zero-order valence-electron chi connectivity index (χ0n) is 23.8. The lowest BCUT2D eigenvalue weighted by Crippen LogP contribution is -2.44. The molecular formula is C31H39N3O7S. The van der Waals surface area contributed by atoms with Crippen LogP contribution in [0, 0.1) is 11.3 Å². The van der Waals surface area contributed by atoms with Crippen molar-refractivity contribution in [2.24, 2.45) is 11.3 Å². The van der Waals surface area contributed by atoms with Crippen molar-refractivity contribution >= 4 is 33.7 Å². The van der Waals surface area contributed by atoms with Crippen molar-refractivity contribution in [2.75, 3.05) is 6.54 Å². The highest BCUT2D eigenvalue weighted by atomic mass is 32.2. The molecule has 3 amide bonds. The van der Waals surface area contributed by atoms with E-state index in [0.717, 1.165) is 36.8 Å². The first-order valence-corrected chi connectivity index (χ1v) is 16.8. The molecule has 1 N–H and O–H groups in total. The smallest absolute Gasteiger partial charge is 0.410 e. The number of hydrogen-bond acceptors (Lipinski definition) is 7. The Hall–Kier alpha value is -3.21. The van der Waals surface area contributed by atoms with Crippen LogP contribution >= 0.6 is 0 Å². The average Bonchev–Trinajstić information content (AvgIpc) is 3.84. The minimum atomic E-state index is -3.77. The molecule has 0 spiro atoms. The Balaban J connectivity index is 1.18. The lowest BCUT2D eigenvalue weighted by atomic mass is 9.91. The standard InChI is InChI=1S/C31H39N3O7S/c35-27-17-31(29(37)32-42(39,40)25-13-14-25)16-23(31)11-5-3-1-2-4-6-12-28(36)34-20-24(15-26(27)34)41-30(38)33-18-21-9-7-8-10-22(21)19-33/h5,7-11,23-26H,1-4,6,12-20H2,(H,32,37)/b11-5-/t23-,24-,26+,31-/m1/s1. The fourth-order valence-corrected chi connectivity index (χ4v) is 8.08. The summed E-state index contributed by atoms with van der Waals surface area (Å²) in [7, 11) is -3.77. The lowest BCUT2D eigenvalue weighted by molar-refractivity contribution is -0.139. The van der Waals surface area contributed by atoms with Crippen LogP contribution in [0.25, 0.3) is 0 Å². The molecule has 0 unspecified atom stereocenters. The Bertz CT molecular complexity index is 1380. The van der Waals surface area contributed by atoms with Gasteiger partial charge in [0.2, 0.25) is 21.8 Å². The first-order valence-electron chi connectivity index (χ1n) is 15.2. The van der Waals surface area contributed by atoms with Gasteiger partial charge in [-0.25, -0.2) is 13.2 Å². The van der Waals surface area contributed by atoms with E-state index in [9.17, 15) is 27.6 Å². The number of hydrogen-bond donors (Lipinski definition) is 1. The predicted molar refractivity (Wildman–Crippen MR) is 153 cm³/mol. The van der Waals surface area contributed by atoms with E-state index in [2.05, 4.69) is 4.72 Å². The van der Waals surface area contributed by atoms with Crippen LogP contribution in [-0.2, 0) is 42.2 Å². The molecule has 4 atom stereocenters. The van der Waals surface area contributed by atoms with Gasteiger partial charge in [0.15, 0.2) is 5.78 Å². The molecular weight excluding hydrogens is 558 g/mol. The van der Waals surface area contributed by atoms with Crippen LogP contribution in [0.15, 0.2) is 36.4 Å². The van der Waals surface area contributed by atoms with Crippen molar-refractivity contribution in [1.82, 2.24) is 14.5 Å². The van der Waals surface area contributed by atoms with E-state index in [1.807, 2.05) is 36.4 Å². The molecule has 11 heteroatoms. The van der Waals surface area contributed by atoms with Gasteiger partial charge in [-0.15, -0.1) is 0 Å². The van der Waals surface area contributed by atoms with Crippen LogP contribution < -0.4 is 4.72 Å². The number of sulfonamides is 1. The second kappa shape index (κ2) is 11.5. The molecule has 3 fully saturated rings. The van der Waals surface area contributed by atoms with Gasteiger partial charge in [-0.1, -0.05) is 49.3 Å². The molecule has 0 radical (unpaired) electrons. The highest BCUT2D eigenvalue weighted by molar-refractivity contribution is 7.90. The molecule has 10 nitrogen and oxygen atoms in total. The number of nitrogens with one attached hydrogen (secondary N) is 1. The third-order valence-electron chi connectivity index (χ3n) is 9.47. The summed E-state index contributed by atoms with van der Waals surface area (Å²) in [5.74, 6) is -1.32. The van der Waals surface area contributed by atoms with E-state index in [1.54, 1.807) is 4.90 Å². The molecule has 3 aliphatic heterocycles. The van der Waals surface area contributed by atoms with Gasteiger partial charge in [0.1, 0.15) is 6.10 Å². The van der Waals surface area contributed by atoms with Crippen LogP contribution in [0.5, 0.6) is 0 Å². The highest BCUT2D eigenvalue weighted by Gasteiger charge is 2.61. The van der Waals surface area contributed by atoms with Crippen LogP contribution in [0.2, 0.25) is 0 Å². The average molecular weight is 598 g/mol. The van der Waals surface area contributed by atoms with E-state index in [0.29, 0.717) is 45.2 Å². The minimum absolute atomic E-state index is 0.125. The normalized spacial score (nSPS) is 30.8. The summed E-state index contributed by atoms with van der Waals surface area (Å²) in [6, 6.07) is 7.00. The summed E-state index contributed by atoms with van der Waals surface area (Å²) in [4.78, 5) is 56.9. The van der Waals surface area contributed by atoms with Crippen molar-refractivity contribution in [2.45, 2.75) is 101 Å². The first-order chi connectivity index (χ1) is 20.2. The minimum Gasteiger partial charge on any atom is -0.444 e. The van der Waals surface area contributed by atoms with Gasteiger partial charge < -0.3 is 9.64 Å². The SMILES string of the molecule is O=C1C[C@]2(C(=O)NS(=O)(=O)C3CC3)C[C@H]2/C=C\CCCCCCC(=O)N2C[C@H](OC(=O)N3Cc4ccccc4C3)C[C@@H]12. The highest BCUT2D eigenvalue weighted by Crippen LogP contribution is 2.57. The number of carbonyl (C=O) groups excluding carboxylic acids is 4. The van der Waals surface area contributed by atoms with Gasteiger partial charge >= 0.3 is 6.09 Å². The van der Waals surface area contributed by atoms with E-state index in [1.165, 1.54) is 4.90 Å². The Labute approximate surface area is 246 Å². The Morgan fingerprint density at radius 2 is 1.71 bits per heavy atom. The van der Waals surface area contributed by atoms with E-state index in [4.69, 9.17) is 4.74 Å². The molecule has 6 rings (SSSR count). The van der Waals surface area contributed by atoms with Crippen LogP contribution in [0.1, 0.15) is 81.8 Å². The quantitative estimate of drug-likeness (QED) is 0.525. The molecule has 42 heavy (non-hydrogen) atoms. The maximum Gasteiger partial charge on any atom is 0.410 e. The van der Waals surface area contributed by atoms with Gasteiger partial charge in [-0.2, -0.15) is 0 Å². The summed E-state index contributed by atoms with van der Waals surface area (Å²) in [5, 5.41) is -0.551. The predicted octanol–water partition coefficient (Wildman–Crippen LogP) is 3.59. The van der Waals surface area contributed by atoms with Gasteiger partial charge in [0.25, 0.3) is 0 Å². The summed E-state index contributed by atoms with van der Waals surface area (Å²) < 4.78 is 33.3. The molecule has 0 aromatic heterocycles. The molecule has 3 heterocycles. The third kappa shape index (κ3) is 5.98. The van der Waals surface area contributed by atoms with Crippen LogP contribution in [0.3, 0.4) is 0 Å². The topological polar surface area (TPSA) is 130 Å². The number of ketones is 1. The van der Waals surface area contributed by atoms with Crippen molar-refractivity contribution < 1.29 is 32.3 Å². The first kappa shape index (κ1) is 28.9. The third-order valence-corrected chi connectivity index (χ3v) is 11.3. The maximum absolute atomic E-state index is 13.9. The Kier molecular flexibility index (Phi) is 7.89. The molecule has 1 saturated heterocycles. The number of nitrogens with zero attached hydrogens (tertiary/aromatic N) is 2. The molecule has 1 aromatic rings. The molecule has 1 aromatic carbocycles. The number of benzene rings is 1. The van der Waals surface area contributed by atoms with E-state index >= 15 is 0 Å². The van der Waals surface area contributed by atoms with Gasteiger partial charge in [-0.3, -0.25) is 24.0 Å². The molecule has 2 saturated carbocycles. The molecule has 5 aliphatic rings. The molecule has 0 bridgehead atoms. The number of ether oxygens (including phenoxy) is 1. The van der Waals surface area contributed by atoms with Gasteiger partial charge in [-0.05, 0) is 55.6 Å². The molecule has 2 aliphatic carbocycles. The number of amides is 3.